The number of pyridine rings is 1. The molecule has 0 radical (unpaired) electrons. The number of amides is 1. The van der Waals surface area contributed by atoms with E-state index in [1.54, 1.807) is 12.1 Å². The average Bonchev–Trinajstić information content (AvgIpc) is 2.58. The number of carbonyl (C=O) groups is 1. The summed E-state index contributed by atoms with van der Waals surface area (Å²) in [5.74, 6) is -1.70. The Hall–Kier alpha value is -3.28. The van der Waals surface area contributed by atoms with Crippen LogP contribution < -0.4 is 10.6 Å². The van der Waals surface area contributed by atoms with Crippen molar-refractivity contribution in [2.45, 2.75) is 6.92 Å². The molecule has 0 fully saturated rings. The molecule has 2 aromatic carbocycles. The summed E-state index contributed by atoms with van der Waals surface area (Å²) in [6, 6.07) is 13.8. The molecule has 1 heterocycles. The molecule has 6 heteroatoms. The number of hydrogen-bond acceptors (Lipinski definition) is 3. The molecule has 126 valence electrons. The molecule has 0 unspecified atom stereocenters. The van der Waals surface area contributed by atoms with E-state index in [1.165, 1.54) is 18.3 Å². The van der Waals surface area contributed by atoms with Crippen molar-refractivity contribution in [1.29, 1.82) is 0 Å². The van der Waals surface area contributed by atoms with E-state index in [-0.39, 0.29) is 17.3 Å². The summed E-state index contributed by atoms with van der Waals surface area (Å²) in [6.07, 6.45) is 1.41. The Balaban J connectivity index is 1.70. The van der Waals surface area contributed by atoms with E-state index >= 15 is 0 Å². The molecule has 0 saturated heterocycles. The molecule has 0 aliphatic carbocycles. The Labute approximate surface area is 143 Å². The van der Waals surface area contributed by atoms with Gasteiger partial charge in [-0.05, 0) is 48.9 Å². The molecule has 0 aliphatic rings. The van der Waals surface area contributed by atoms with Crippen LogP contribution in [0.4, 0.5) is 25.8 Å². The van der Waals surface area contributed by atoms with Gasteiger partial charge in [-0.2, -0.15) is 0 Å². The van der Waals surface area contributed by atoms with Crippen molar-refractivity contribution in [3.05, 3.63) is 83.7 Å². The Morgan fingerprint density at radius 2 is 1.84 bits per heavy atom. The van der Waals surface area contributed by atoms with Crippen molar-refractivity contribution in [1.82, 2.24) is 4.98 Å². The second-order valence-electron chi connectivity index (χ2n) is 5.50. The Morgan fingerprint density at radius 3 is 2.52 bits per heavy atom. The van der Waals surface area contributed by atoms with Gasteiger partial charge in [0.05, 0.1) is 17.6 Å². The monoisotopic (exact) mass is 339 g/mol. The van der Waals surface area contributed by atoms with E-state index in [1.807, 2.05) is 25.1 Å². The predicted octanol–water partition coefficient (Wildman–Crippen LogP) is 4.66. The largest absolute Gasteiger partial charge is 0.352 e. The van der Waals surface area contributed by atoms with Crippen LogP contribution in [0.25, 0.3) is 0 Å². The molecule has 25 heavy (non-hydrogen) atoms. The number of anilines is 3. The number of rotatable bonds is 4. The van der Waals surface area contributed by atoms with Crippen LogP contribution in [0.2, 0.25) is 0 Å². The third-order valence-corrected chi connectivity index (χ3v) is 3.48. The van der Waals surface area contributed by atoms with Gasteiger partial charge in [0.25, 0.3) is 5.91 Å². The first kappa shape index (κ1) is 16.6. The maximum Gasteiger partial charge on any atom is 0.274 e. The molecule has 0 bridgehead atoms. The molecule has 4 nitrogen and oxygen atoms in total. The first-order valence-corrected chi connectivity index (χ1v) is 7.57. The number of hydrogen-bond donors (Lipinski definition) is 2. The number of nitrogens with one attached hydrogen (secondary N) is 2. The molecule has 0 aliphatic heterocycles. The highest BCUT2D eigenvalue weighted by Gasteiger charge is 2.09. The standard InChI is InChI=1S/C19H15F2N3O/c1-12-3-2-4-14(9-12)24-19(25)18-8-6-15(11-22-18)23-17-7-5-13(20)10-16(17)21/h2-11,23H,1H3,(H,24,25). The molecule has 0 saturated carbocycles. The quantitative estimate of drug-likeness (QED) is 0.727. The van der Waals surface area contributed by atoms with E-state index < -0.39 is 11.6 Å². The highest BCUT2D eigenvalue weighted by Crippen LogP contribution is 2.20. The summed E-state index contributed by atoms with van der Waals surface area (Å²) in [4.78, 5) is 16.3. The van der Waals surface area contributed by atoms with Gasteiger partial charge in [-0.3, -0.25) is 4.79 Å². The lowest BCUT2D eigenvalue weighted by molar-refractivity contribution is 0.102. The SMILES string of the molecule is Cc1cccc(NC(=O)c2ccc(Nc3ccc(F)cc3F)cn2)c1. The van der Waals surface area contributed by atoms with E-state index in [9.17, 15) is 13.6 Å². The zero-order valence-electron chi connectivity index (χ0n) is 13.4. The minimum absolute atomic E-state index is 0.125. The van der Waals surface area contributed by atoms with Crippen LogP contribution in [0.1, 0.15) is 16.1 Å². The third kappa shape index (κ3) is 4.17. The van der Waals surface area contributed by atoms with Gasteiger partial charge in [0.1, 0.15) is 17.3 Å². The van der Waals surface area contributed by atoms with Crippen molar-refractivity contribution in [2.24, 2.45) is 0 Å². The third-order valence-electron chi connectivity index (χ3n) is 3.48. The van der Waals surface area contributed by atoms with Crippen LogP contribution >= 0.6 is 0 Å². The smallest absolute Gasteiger partial charge is 0.274 e. The van der Waals surface area contributed by atoms with Gasteiger partial charge in [0.15, 0.2) is 0 Å². The Kier molecular flexibility index (Phi) is 4.70. The molecule has 2 N–H and O–H groups in total. The van der Waals surface area contributed by atoms with Crippen molar-refractivity contribution < 1.29 is 13.6 Å². The van der Waals surface area contributed by atoms with Crippen molar-refractivity contribution in [3.8, 4) is 0 Å². The summed E-state index contributed by atoms with van der Waals surface area (Å²) in [5, 5.41) is 5.55. The minimum atomic E-state index is -0.707. The van der Waals surface area contributed by atoms with Crippen molar-refractivity contribution in [3.63, 3.8) is 0 Å². The Bertz CT molecular complexity index is 911. The molecular formula is C19H15F2N3O. The lowest BCUT2D eigenvalue weighted by atomic mass is 10.2. The van der Waals surface area contributed by atoms with Crippen LogP contribution in [0, 0.1) is 18.6 Å². The predicted molar refractivity (Wildman–Crippen MR) is 93.0 cm³/mol. The van der Waals surface area contributed by atoms with Crippen molar-refractivity contribution >= 4 is 23.0 Å². The molecular weight excluding hydrogens is 324 g/mol. The normalized spacial score (nSPS) is 10.4. The summed E-state index contributed by atoms with van der Waals surface area (Å²) >= 11 is 0. The second-order valence-corrected chi connectivity index (χ2v) is 5.50. The number of nitrogens with zero attached hydrogens (tertiary/aromatic N) is 1. The van der Waals surface area contributed by atoms with E-state index in [0.717, 1.165) is 17.7 Å². The fraction of sp³-hybridized carbons (Fsp3) is 0.0526. The maximum absolute atomic E-state index is 13.6. The van der Waals surface area contributed by atoms with E-state index in [0.29, 0.717) is 11.4 Å². The molecule has 3 aromatic rings. The number of aromatic nitrogens is 1. The van der Waals surface area contributed by atoms with Gasteiger partial charge >= 0.3 is 0 Å². The highest BCUT2D eigenvalue weighted by atomic mass is 19.1. The minimum Gasteiger partial charge on any atom is -0.352 e. The van der Waals surface area contributed by atoms with Gasteiger partial charge in [0, 0.05) is 11.8 Å². The van der Waals surface area contributed by atoms with Crippen LogP contribution in [0.15, 0.2) is 60.8 Å². The summed E-state index contributed by atoms with van der Waals surface area (Å²) in [7, 11) is 0. The lowest BCUT2D eigenvalue weighted by Gasteiger charge is -2.09. The lowest BCUT2D eigenvalue weighted by Crippen LogP contribution is -2.13. The average molecular weight is 339 g/mol. The topological polar surface area (TPSA) is 54.0 Å². The highest BCUT2D eigenvalue weighted by molar-refractivity contribution is 6.03. The fourth-order valence-electron chi connectivity index (χ4n) is 2.27. The van der Waals surface area contributed by atoms with Crippen LogP contribution in [0.3, 0.4) is 0 Å². The van der Waals surface area contributed by atoms with Gasteiger partial charge in [-0.15, -0.1) is 0 Å². The van der Waals surface area contributed by atoms with Gasteiger partial charge < -0.3 is 10.6 Å². The van der Waals surface area contributed by atoms with E-state index in [4.69, 9.17) is 0 Å². The van der Waals surface area contributed by atoms with Crippen LogP contribution in [0.5, 0.6) is 0 Å². The molecule has 3 rings (SSSR count). The maximum atomic E-state index is 13.6. The zero-order valence-corrected chi connectivity index (χ0v) is 13.4. The summed E-state index contributed by atoms with van der Waals surface area (Å²) in [5.41, 5.74) is 2.55. The molecule has 1 aromatic heterocycles. The van der Waals surface area contributed by atoms with Gasteiger partial charge in [-0.25, -0.2) is 13.8 Å². The number of halogens is 2. The fourth-order valence-corrected chi connectivity index (χ4v) is 2.27. The van der Waals surface area contributed by atoms with Crippen LogP contribution in [-0.4, -0.2) is 10.9 Å². The number of aryl methyl sites for hydroxylation is 1. The molecule has 0 spiro atoms. The second kappa shape index (κ2) is 7.09. The van der Waals surface area contributed by atoms with Gasteiger partial charge in [-0.1, -0.05) is 12.1 Å². The summed E-state index contributed by atoms with van der Waals surface area (Å²) < 4.78 is 26.5. The first-order valence-electron chi connectivity index (χ1n) is 7.57. The van der Waals surface area contributed by atoms with Crippen molar-refractivity contribution in [2.75, 3.05) is 10.6 Å². The van der Waals surface area contributed by atoms with Crippen LogP contribution in [-0.2, 0) is 0 Å². The molecule has 1 amide bonds. The zero-order chi connectivity index (χ0) is 17.8. The van der Waals surface area contributed by atoms with Gasteiger partial charge in [0.2, 0.25) is 0 Å². The Morgan fingerprint density at radius 1 is 1.00 bits per heavy atom. The number of carbonyl (C=O) groups excluding carboxylic acids is 1. The number of benzene rings is 2. The summed E-state index contributed by atoms with van der Waals surface area (Å²) in [6.45, 7) is 1.93. The molecule has 0 atom stereocenters. The first-order chi connectivity index (χ1) is 12.0. The van der Waals surface area contributed by atoms with E-state index in [2.05, 4.69) is 15.6 Å².